The van der Waals surface area contributed by atoms with Gasteiger partial charge >= 0.3 is 0 Å². The number of carbonyl (C=O) groups excluding carboxylic acids is 1. The molecular formula is C26H19FNO2P. The molecule has 0 aromatic heterocycles. The molecule has 0 saturated carbocycles. The standard InChI is InChI=1S/C26H19FNO2P/c27-21-18-16-20(17-19-21)25(29)26(28-22-10-4-1-5-11-22)31(30,23-12-6-2-7-13-23)24-14-8-3-9-15-24/h1-19H. The summed E-state index contributed by atoms with van der Waals surface area (Å²) in [6.45, 7) is 0. The Morgan fingerprint density at radius 1 is 0.645 bits per heavy atom. The van der Waals surface area contributed by atoms with Gasteiger partial charge in [-0.25, -0.2) is 9.38 Å². The number of carbonyl (C=O) groups is 1. The fraction of sp³-hybridized carbons (Fsp3) is 0. The molecule has 0 spiro atoms. The van der Waals surface area contributed by atoms with Crippen LogP contribution < -0.4 is 10.6 Å². The first-order valence-electron chi connectivity index (χ1n) is 9.75. The van der Waals surface area contributed by atoms with E-state index >= 15 is 0 Å². The molecule has 0 radical (unpaired) electrons. The summed E-state index contributed by atoms with van der Waals surface area (Å²) in [5.41, 5.74) is 0.672. The highest BCUT2D eigenvalue weighted by molar-refractivity contribution is 7.95. The van der Waals surface area contributed by atoms with Crippen LogP contribution in [0.5, 0.6) is 0 Å². The second kappa shape index (κ2) is 9.03. The van der Waals surface area contributed by atoms with Crippen LogP contribution in [0.15, 0.2) is 120 Å². The molecule has 31 heavy (non-hydrogen) atoms. The molecule has 4 aromatic rings. The highest BCUT2D eigenvalue weighted by atomic mass is 31.2. The SMILES string of the molecule is O=C(C(=Nc1ccccc1)P(=O)(c1ccccc1)c1ccccc1)c1ccc(F)cc1. The zero-order chi connectivity index (χ0) is 21.7. The van der Waals surface area contributed by atoms with Crippen LogP contribution in [0, 0.1) is 5.82 Å². The highest BCUT2D eigenvalue weighted by Gasteiger charge is 2.38. The van der Waals surface area contributed by atoms with Gasteiger partial charge in [-0.15, -0.1) is 0 Å². The summed E-state index contributed by atoms with van der Waals surface area (Å²) < 4.78 is 28.2. The second-order valence-corrected chi connectivity index (χ2v) is 9.56. The Kier molecular flexibility index (Phi) is 6.01. The quantitative estimate of drug-likeness (QED) is 0.223. The maximum Gasteiger partial charge on any atom is 0.215 e. The van der Waals surface area contributed by atoms with Crippen LogP contribution >= 0.6 is 7.14 Å². The van der Waals surface area contributed by atoms with Crippen LogP contribution in [0.4, 0.5) is 10.1 Å². The van der Waals surface area contributed by atoms with Gasteiger partial charge in [0.25, 0.3) is 0 Å². The summed E-state index contributed by atoms with van der Waals surface area (Å²) in [5.74, 6) is -0.952. The molecule has 4 aromatic carbocycles. The van der Waals surface area contributed by atoms with Crippen LogP contribution in [0.3, 0.4) is 0 Å². The van der Waals surface area contributed by atoms with Gasteiger partial charge in [-0.05, 0) is 36.4 Å². The Labute approximate surface area is 180 Å². The molecular weight excluding hydrogens is 408 g/mol. The van der Waals surface area contributed by atoms with Crippen molar-refractivity contribution in [2.75, 3.05) is 0 Å². The molecule has 0 aliphatic rings. The normalized spacial score (nSPS) is 11.8. The van der Waals surface area contributed by atoms with Crippen molar-refractivity contribution < 1.29 is 13.8 Å². The molecule has 5 heteroatoms. The number of nitrogens with zero attached hydrogens (tertiary/aromatic N) is 1. The fourth-order valence-corrected chi connectivity index (χ4v) is 5.93. The molecule has 0 atom stereocenters. The number of Topliss-reactive ketones (excluding diaryl/α,β-unsaturated/α-hetero) is 1. The third kappa shape index (κ3) is 4.30. The number of para-hydroxylation sites is 1. The van der Waals surface area contributed by atoms with Gasteiger partial charge in [0.05, 0.1) is 5.69 Å². The van der Waals surface area contributed by atoms with Gasteiger partial charge in [-0.2, -0.15) is 0 Å². The number of benzene rings is 4. The van der Waals surface area contributed by atoms with E-state index in [0.717, 1.165) is 0 Å². The highest BCUT2D eigenvalue weighted by Crippen LogP contribution is 2.47. The molecule has 0 amide bonds. The van der Waals surface area contributed by atoms with Crippen LogP contribution in [-0.2, 0) is 4.57 Å². The number of hydrogen-bond donors (Lipinski definition) is 0. The smallest absolute Gasteiger partial charge is 0.215 e. The van der Waals surface area contributed by atoms with Crippen molar-refractivity contribution in [1.29, 1.82) is 0 Å². The zero-order valence-electron chi connectivity index (χ0n) is 16.6. The maximum atomic E-state index is 14.8. The molecule has 0 N–H and O–H groups in total. The first kappa shape index (κ1) is 20.6. The second-order valence-electron chi connectivity index (χ2n) is 6.89. The molecule has 0 bridgehead atoms. The zero-order valence-corrected chi connectivity index (χ0v) is 17.5. The van der Waals surface area contributed by atoms with Gasteiger partial charge in [0, 0.05) is 16.2 Å². The Balaban J connectivity index is 1.99. The van der Waals surface area contributed by atoms with Crippen molar-refractivity contribution in [3.63, 3.8) is 0 Å². The van der Waals surface area contributed by atoms with Crippen molar-refractivity contribution in [3.8, 4) is 0 Å². The number of hydrogen-bond acceptors (Lipinski definition) is 3. The topological polar surface area (TPSA) is 46.5 Å². The van der Waals surface area contributed by atoms with E-state index in [1.165, 1.54) is 24.3 Å². The van der Waals surface area contributed by atoms with Gasteiger partial charge in [-0.1, -0.05) is 78.9 Å². The first-order chi connectivity index (χ1) is 15.1. The molecule has 0 aliphatic heterocycles. The summed E-state index contributed by atoms with van der Waals surface area (Å²) in [6, 6.07) is 31.9. The molecule has 152 valence electrons. The third-order valence-electron chi connectivity index (χ3n) is 4.84. The molecule has 0 fully saturated rings. The average Bonchev–Trinajstić information content (AvgIpc) is 2.84. The van der Waals surface area contributed by atoms with Crippen molar-refractivity contribution in [1.82, 2.24) is 0 Å². The Hall–Kier alpha value is -3.62. The molecule has 0 heterocycles. The van der Waals surface area contributed by atoms with E-state index in [2.05, 4.69) is 4.99 Å². The third-order valence-corrected chi connectivity index (χ3v) is 7.79. The van der Waals surface area contributed by atoms with Gasteiger partial charge in [0.2, 0.25) is 5.78 Å². The molecule has 0 aliphatic carbocycles. The monoisotopic (exact) mass is 427 g/mol. The number of rotatable bonds is 6. The summed E-state index contributed by atoms with van der Waals surface area (Å²) in [6.07, 6.45) is 0. The van der Waals surface area contributed by atoms with Gasteiger partial charge in [-0.3, -0.25) is 4.79 Å². The molecule has 0 unspecified atom stereocenters. The lowest BCUT2D eigenvalue weighted by atomic mass is 10.1. The van der Waals surface area contributed by atoms with E-state index in [1.807, 2.05) is 18.2 Å². The van der Waals surface area contributed by atoms with E-state index in [0.29, 0.717) is 16.3 Å². The van der Waals surface area contributed by atoms with E-state index in [-0.39, 0.29) is 11.0 Å². The lowest BCUT2D eigenvalue weighted by Gasteiger charge is -2.21. The van der Waals surface area contributed by atoms with E-state index < -0.39 is 18.7 Å². The van der Waals surface area contributed by atoms with Gasteiger partial charge in [0.15, 0.2) is 12.6 Å². The summed E-state index contributed by atoms with van der Waals surface area (Å²) in [7, 11) is -3.63. The van der Waals surface area contributed by atoms with E-state index in [4.69, 9.17) is 0 Å². The summed E-state index contributed by atoms with van der Waals surface area (Å²) >= 11 is 0. The fourth-order valence-electron chi connectivity index (χ4n) is 3.29. The van der Waals surface area contributed by atoms with Crippen LogP contribution in [0.2, 0.25) is 0 Å². The molecule has 3 nitrogen and oxygen atoms in total. The van der Waals surface area contributed by atoms with E-state index in [1.54, 1.807) is 72.8 Å². The Bertz CT molecular complexity index is 1210. The van der Waals surface area contributed by atoms with Gasteiger partial charge in [0.1, 0.15) is 5.82 Å². The van der Waals surface area contributed by atoms with Crippen molar-refractivity contribution in [2.24, 2.45) is 4.99 Å². The number of ketones is 1. The number of aliphatic imine (C=N–C) groups is 1. The van der Waals surface area contributed by atoms with Crippen molar-refractivity contribution >= 4 is 34.7 Å². The summed E-state index contributed by atoms with van der Waals surface area (Å²) in [5, 5.41) is 1.01. The average molecular weight is 427 g/mol. The first-order valence-corrected chi connectivity index (χ1v) is 11.5. The maximum absolute atomic E-state index is 14.8. The minimum absolute atomic E-state index is 0.0669. The largest absolute Gasteiger partial charge is 0.307 e. The lowest BCUT2D eigenvalue weighted by molar-refractivity contribution is 0.106. The molecule has 0 saturated heterocycles. The van der Waals surface area contributed by atoms with Crippen LogP contribution in [-0.4, -0.2) is 11.2 Å². The Morgan fingerprint density at radius 2 is 1.10 bits per heavy atom. The van der Waals surface area contributed by atoms with E-state index in [9.17, 15) is 13.8 Å². The molecule has 4 rings (SSSR count). The Morgan fingerprint density at radius 3 is 1.58 bits per heavy atom. The van der Waals surface area contributed by atoms with Gasteiger partial charge < -0.3 is 4.57 Å². The van der Waals surface area contributed by atoms with Crippen molar-refractivity contribution in [3.05, 3.63) is 127 Å². The number of halogens is 1. The van der Waals surface area contributed by atoms with Crippen molar-refractivity contribution in [2.45, 2.75) is 0 Å². The lowest BCUT2D eigenvalue weighted by Crippen LogP contribution is -2.28. The minimum Gasteiger partial charge on any atom is -0.307 e. The van der Waals surface area contributed by atoms with Crippen LogP contribution in [0.1, 0.15) is 10.4 Å². The predicted octanol–water partition coefficient (Wildman–Crippen LogP) is 5.75. The van der Waals surface area contributed by atoms with Crippen LogP contribution in [0.25, 0.3) is 0 Å². The predicted molar refractivity (Wildman–Crippen MR) is 124 cm³/mol. The summed E-state index contributed by atoms with van der Waals surface area (Å²) in [4.78, 5) is 18.2. The minimum atomic E-state index is -3.63.